The van der Waals surface area contributed by atoms with E-state index in [1.807, 2.05) is 32.0 Å². The Bertz CT molecular complexity index is 875. The average Bonchev–Trinajstić information content (AvgIpc) is 3.23. The van der Waals surface area contributed by atoms with E-state index in [2.05, 4.69) is 10.6 Å². The number of carbonyl (C=O) groups excluding carboxylic acids is 2. The molecule has 2 aromatic rings. The maximum Gasteiger partial charge on any atom is 0.265 e. The molecule has 0 aliphatic carbocycles. The largest absolute Gasteiger partial charge is 0.481 e. The van der Waals surface area contributed by atoms with Gasteiger partial charge in [-0.3, -0.25) is 9.59 Å². The van der Waals surface area contributed by atoms with E-state index in [-0.39, 0.29) is 17.9 Å². The van der Waals surface area contributed by atoms with Crippen LogP contribution in [0.4, 0.5) is 5.69 Å². The minimum atomic E-state index is -0.710. The first-order valence-electron chi connectivity index (χ1n) is 9.97. The number of nitrogens with one attached hydrogen (secondary N) is 2. The van der Waals surface area contributed by atoms with Crippen LogP contribution in [-0.4, -0.2) is 37.2 Å². The van der Waals surface area contributed by atoms with Crippen molar-refractivity contribution in [2.75, 3.05) is 18.5 Å². The maximum absolute atomic E-state index is 12.7. The number of anilines is 1. The fourth-order valence-corrected chi connectivity index (χ4v) is 3.21. The summed E-state index contributed by atoms with van der Waals surface area (Å²) in [6, 6.07) is 12.8. The van der Waals surface area contributed by atoms with Gasteiger partial charge in [0.1, 0.15) is 5.75 Å². The van der Waals surface area contributed by atoms with Crippen molar-refractivity contribution in [3.05, 3.63) is 59.2 Å². The highest BCUT2D eigenvalue weighted by atomic mass is 16.5. The summed E-state index contributed by atoms with van der Waals surface area (Å²) in [6.45, 7) is 6.81. The van der Waals surface area contributed by atoms with Crippen LogP contribution in [0.1, 0.15) is 41.3 Å². The van der Waals surface area contributed by atoms with E-state index in [9.17, 15) is 9.59 Å². The molecule has 0 bridgehead atoms. The van der Waals surface area contributed by atoms with Gasteiger partial charge in [0.15, 0.2) is 6.10 Å². The number of para-hydroxylation sites is 1. The van der Waals surface area contributed by atoms with Gasteiger partial charge in [-0.2, -0.15) is 0 Å². The number of hydrogen-bond donors (Lipinski definition) is 2. The van der Waals surface area contributed by atoms with Gasteiger partial charge in [-0.15, -0.1) is 0 Å². The molecule has 1 heterocycles. The third kappa shape index (κ3) is 5.57. The number of carbonyl (C=O) groups is 2. The molecule has 1 fully saturated rings. The molecule has 0 radical (unpaired) electrons. The molecular formula is C23H28N2O4. The molecule has 3 rings (SSSR count). The Labute approximate surface area is 171 Å². The van der Waals surface area contributed by atoms with Crippen molar-refractivity contribution < 1.29 is 19.1 Å². The summed E-state index contributed by atoms with van der Waals surface area (Å²) in [7, 11) is 0. The van der Waals surface area contributed by atoms with Crippen LogP contribution < -0.4 is 15.4 Å². The van der Waals surface area contributed by atoms with Gasteiger partial charge < -0.3 is 20.1 Å². The normalized spacial score (nSPS) is 16.9. The second-order valence-corrected chi connectivity index (χ2v) is 7.41. The van der Waals surface area contributed by atoms with E-state index in [1.165, 1.54) is 0 Å². The highest BCUT2D eigenvalue weighted by Gasteiger charge is 2.21. The number of aryl methyl sites for hydroxylation is 2. The molecule has 29 heavy (non-hydrogen) atoms. The average molecular weight is 396 g/mol. The topological polar surface area (TPSA) is 76.7 Å². The highest BCUT2D eigenvalue weighted by Crippen LogP contribution is 2.22. The Morgan fingerprint density at radius 3 is 2.76 bits per heavy atom. The lowest BCUT2D eigenvalue weighted by Gasteiger charge is -2.18. The molecule has 2 N–H and O–H groups in total. The molecule has 6 heteroatoms. The van der Waals surface area contributed by atoms with Crippen LogP contribution >= 0.6 is 0 Å². The van der Waals surface area contributed by atoms with Crippen molar-refractivity contribution in [3.8, 4) is 5.75 Å². The summed E-state index contributed by atoms with van der Waals surface area (Å²) in [6.07, 6.45) is 1.32. The van der Waals surface area contributed by atoms with Crippen molar-refractivity contribution in [3.63, 3.8) is 0 Å². The molecule has 1 aliphatic heterocycles. The molecule has 2 aromatic carbocycles. The Morgan fingerprint density at radius 2 is 2.00 bits per heavy atom. The van der Waals surface area contributed by atoms with Crippen LogP contribution in [0.25, 0.3) is 0 Å². The molecule has 6 nitrogen and oxygen atoms in total. The zero-order valence-corrected chi connectivity index (χ0v) is 17.2. The summed E-state index contributed by atoms with van der Waals surface area (Å²) >= 11 is 0. The lowest BCUT2D eigenvalue weighted by atomic mass is 10.1. The van der Waals surface area contributed by atoms with Gasteiger partial charge in [0.2, 0.25) is 0 Å². The monoisotopic (exact) mass is 396 g/mol. The summed E-state index contributed by atoms with van der Waals surface area (Å²) in [5.74, 6) is 0.125. The van der Waals surface area contributed by atoms with Crippen molar-refractivity contribution in [1.82, 2.24) is 5.32 Å². The molecule has 2 atom stereocenters. The lowest BCUT2D eigenvalue weighted by molar-refractivity contribution is -0.122. The molecule has 0 aromatic heterocycles. The molecule has 154 valence electrons. The van der Waals surface area contributed by atoms with Crippen LogP contribution in [0.5, 0.6) is 5.75 Å². The second kappa shape index (κ2) is 9.56. The molecule has 0 unspecified atom stereocenters. The van der Waals surface area contributed by atoms with Gasteiger partial charge in [0, 0.05) is 13.2 Å². The molecule has 1 aliphatic rings. The smallest absolute Gasteiger partial charge is 0.265 e. The number of amides is 2. The maximum atomic E-state index is 12.7. The predicted molar refractivity (Wildman–Crippen MR) is 112 cm³/mol. The Balaban J connectivity index is 1.63. The summed E-state index contributed by atoms with van der Waals surface area (Å²) in [5, 5.41) is 5.71. The minimum Gasteiger partial charge on any atom is -0.481 e. The van der Waals surface area contributed by atoms with Gasteiger partial charge in [-0.1, -0.05) is 24.3 Å². The van der Waals surface area contributed by atoms with Gasteiger partial charge in [-0.05, 0) is 62.9 Å². The number of benzene rings is 2. The van der Waals surface area contributed by atoms with Crippen LogP contribution in [-0.2, 0) is 9.53 Å². The zero-order chi connectivity index (χ0) is 20.8. The Hall–Kier alpha value is -2.86. The summed E-state index contributed by atoms with van der Waals surface area (Å²) < 4.78 is 11.4. The van der Waals surface area contributed by atoms with Gasteiger partial charge >= 0.3 is 0 Å². The highest BCUT2D eigenvalue weighted by molar-refractivity contribution is 6.04. The van der Waals surface area contributed by atoms with E-state index >= 15 is 0 Å². The van der Waals surface area contributed by atoms with E-state index in [4.69, 9.17) is 9.47 Å². The Kier molecular flexibility index (Phi) is 6.88. The van der Waals surface area contributed by atoms with Gasteiger partial charge in [0.25, 0.3) is 11.8 Å². The van der Waals surface area contributed by atoms with Gasteiger partial charge in [0.05, 0.1) is 17.4 Å². The van der Waals surface area contributed by atoms with E-state index in [1.54, 1.807) is 31.2 Å². The van der Waals surface area contributed by atoms with Crippen LogP contribution in [0.3, 0.4) is 0 Å². The van der Waals surface area contributed by atoms with Crippen LogP contribution in [0, 0.1) is 13.8 Å². The van der Waals surface area contributed by atoms with Crippen molar-refractivity contribution in [2.45, 2.75) is 45.8 Å². The van der Waals surface area contributed by atoms with Crippen LogP contribution in [0.2, 0.25) is 0 Å². The first-order chi connectivity index (χ1) is 13.9. The minimum absolute atomic E-state index is 0.0618. The molecule has 0 saturated carbocycles. The first kappa shape index (κ1) is 20.9. The van der Waals surface area contributed by atoms with Crippen molar-refractivity contribution >= 4 is 17.5 Å². The van der Waals surface area contributed by atoms with E-state index in [0.717, 1.165) is 30.6 Å². The van der Waals surface area contributed by atoms with Gasteiger partial charge in [-0.25, -0.2) is 0 Å². The number of ether oxygens (including phenoxy) is 2. The second-order valence-electron chi connectivity index (χ2n) is 7.41. The fourth-order valence-electron chi connectivity index (χ4n) is 3.21. The molecule has 1 saturated heterocycles. The zero-order valence-electron chi connectivity index (χ0n) is 17.2. The molecule has 2 amide bonds. The molecule has 0 spiro atoms. The first-order valence-corrected chi connectivity index (χ1v) is 9.97. The number of hydrogen-bond acceptors (Lipinski definition) is 4. The SMILES string of the molecule is Cc1ccc(C)c(O[C@@H](C)C(=O)Nc2ccccc2C(=O)NC[C@@H]2CCCO2)c1. The van der Waals surface area contributed by atoms with Crippen molar-refractivity contribution in [1.29, 1.82) is 0 Å². The third-order valence-corrected chi connectivity index (χ3v) is 4.96. The summed E-state index contributed by atoms with van der Waals surface area (Å²) in [4.78, 5) is 25.3. The molecular weight excluding hydrogens is 368 g/mol. The van der Waals surface area contributed by atoms with Crippen molar-refractivity contribution in [2.24, 2.45) is 0 Å². The summed E-state index contributed by atoms with van der Waals surface area (Å²) in [5.41, 5.74) is 2.90. The predicted octanol–water partition coefficient (Wildman–Crippen LogP) is 3.62. The lowest BCUT2D eigenvalue weighted by Crippen LogP contribution is -2.34. The quantitative estimate of drug-likeness (QED) is 0.749. The Morgan fingerprint density at radius 1 is 1.21 bits per heavy atom. The van der Waals surface area contributed by atoms with E-state index in [0.29, 0.717) is 23.5 Å². The van der Waals surface area contributed by atoms with Crippen LogP contribution in [0.15, 0.2) is 42.5 Å². The third-order valence-electron chi connectivity index (χ3n) is 4.96. The standard InChI is InChI=1S/C23H28N2O4/c1-15-10-11-16(2)21(13-15)29-17(3)22(26)25-20-9-5-4-8-19(20)23(27)24-14-18-7-6-12-28-18/h4-5,8-11,13,17-18H,6-7,12,14H2,1-3H3,(H,24,27)(H,25,26)/t17-,18-/m0/s1. The van der Waals surface area contributed by atoms with E-state index < -0.39 is 6.10 Å². The number of rotatable bonds is 7. The fraction of sp³-hybridized carbons (Fsp3) is 0.391.